The molecule has 2 N–H and O–H groups in total. The van der Waals surface area contributed by atoms with Crippen molar-refractivity contribution in [1.29, 1.82) is 0 Å². The van der Waals surface area contributed by atoms with Gasteiger partial charge < -0.3 is 14.2 Å². The smallest absolute Gasteiger partial charge is 0.338 e. The normalized spacial score (nSPS) is 11.2. The van der Waals surface area contributed by atoms with E-state index in [2.05, 4.69) is 10.9 Å². The molecule has 2 rings (SSSR count). The topological polar surface area (TPSA) is 103 Å². The van der Waals surface area contributed by atoms with Crippen LogP contribution in [-0.4, -0.2) is 37.1 Å². The molecule has 0 fully saturated rings. The Hall–Kier alpha value is -3.55. The summed E-state index contributed by atoms with van der Waals surface area (Å²) in [6.07, 6.45) is 1.72. The van der Waals surface area contributed by atoms with Crippen molar-refractivity contribution in [2.75, 3.05) is 13.2 Å². The minimum Gasteiger partial charge on any atom is -0.491 e. The average molecular weight is 428 g/mol. The van der Waals surface area contributed by atoms with Crippen molar-refractivity contribution in [3.8, 4) is 11.5 Å². The molecule has 0 saturated carbocycles. The van der Waals surface area contributed by atoms with Gasteiger partial charge in [-0.25, -0.2) is 4.79 Å². The Morgan fingerprint density at radius 3 is 2.10 bits per heavy atom. The van der Waals surface area contributed by atoms with Crippen LogP contribution in [0.25, 0.3) is 0 Å². The predicted octanol–water partition coefficient (Wildman–Crippen LogP) is 3.27. The fraction of sp³-hybridized carbons (Fsp3) is 0.348. The summed E-state index contributed by atoms with van der Waals surface area (Å²) in [7, 11) is 0. The van der Waals surface area contributed by atoms with E-state index in [4.69, 9.17) is 14.2 Å². The highest BCUT2D eigenvalue weighted by Crippen LogP contribution is 2.15. The first-order valence-corrected chi connectivity index (χ1v) is 10.2. The van der Waals surface area contributed by atoms with Crippen LogP contribution < -0.4 is 20.3 Å². The van der Waals surface area contributed by atoms with E-state index in [0.29, 0.717) is 29.2 Å². The molecule has 2 amide bonds. The van der Waals surface area contributed by atoms with Crippen molar-refractivity contribution in [3.05, 3.63) is 59.7 Å². The van der Waals surface area contributed by atoms with Crippen LogP contribution in [0, 0.1) is 0 Å². The molecule has 0 spiro atoms. The zero-order chi connectivity index (χ0) is 22.6. The Kier molecular flexibility index (Phi) is 9.35. The van der Waals surface area contributed by atoms with Crippen LogP contribution in [0.5, 0.6) is 11.5 Å². The number of hydrazine groups is 1. The summed E-state index contributed by atoms with van der Waals surface area (Å²) in [4.78, 5) is 35.8. The molecule has 8 nitrogen and oxygen atoms in total. The number of ether oxygens (including phenoxy) is 3. The number of amides is 2. The van der Waals surface area contributed by atoms with Crippen LogP contribution in [-0.2, 0) is 9.53 Å². The number of carbonyl (C=O) groups excluding carboxylic acids is 3. The molecule has 2 aromatic carbocycles. The fourth-order valence-electron chi connectivity index (χ4n) is 2.35. The summed E-state index contributed by atoms with van der Waals surface area (Å²) in [5.41, 5.74) is 5.40. The monoisotopic (exact) mass is 428 g/mol. The molecule has 0 heterocycles. The Morgan fingerprint density at radius 1 is 0.871 bits per heavy atom. The highest BCUT2D eigenvalue weighted by molar-refractivity contribution is 5.95. The molecule has 2 aromatic rings. The second-order valence-electron chi connectivity index (χ2n) is 6.81. The molecule has 1 unspecified atom stereocenters. The standard InChI is InChI=1S/C23H28N2O6/c1-4-14-29-23(28)18-8-10-19(11-9-18)30-15-21(26)24-25-22(27)17-6-12-20(13-7-17)31-16(3)5-2/h6-13,16H,4-5,14-15H2,1-3H3,(H,24,26)(H,25,27). The number of esters is 1. The van der Waals surface area contributed by atoms with Gasteiger partial charge in [-0.15, -0.1) is 0 Å². The molecular formula is C23H28N2O6. The number of nitrogens with one attached hydrogen (secondary N) is 2. The van der Waals surface area contributed by atoms with Gasteiger partial charge in [-0.05, 0) is 68.3 Å². The van der Waals surface area contributed by atoms with Crippen molar-refractivity contribution in [3.63, 3.8) is 0 Å². The summed E-state index contributed by atoms with van der Waals surface area (Å²) in [6.45, 7) is 5.96. The zero-order valence-corrected chi connectivity index (χ0v) is 18.0. The van der Waals surface area contributed by atoms with E-state index in [0.717, 1.165) is 12.8 Å². The van der Waals surface area contributed by atoms with Gasteiger partial charge in [0.15, 0.2) is 6.61 Å². The lowest BCUT2D eigenvalue weighted by Crippen LogP contribution is -2.43. The van der Waals surface area contributed by atoms with E-state index >= 15 is 0 Å². The Morgan fingerprint density at radius 2 is 1.48 bits per heavy atom. The van der Waals surface area contributed by atoms with E-state index in [1.54, 1.807) is 48.5 Å². The Labute approximate surface area is 181 Å². The number of benzene rings is 2. The lowest BCUT2D eigenvalue weighted by atomic mass is 10.2. The van der Waals surface area contributed by atoms with Gasteiger partial charge in [-0.3, -0.25) is 20.4 Å². The lowest BCUT2D eigenvalue weighted by molar-refractivity contribution is -0.123. The van der Waals surface area contributed by atoms with Crippen LogP contribution in [0.1, 0.15) is 54.3 Å². The Bertz CT molecular complexity index is 865. The van der Waals surface area contributed by atoms with Crippen molar-refractivity contribution in [2.24, 2.45) is 0 Å². The second kappa shape index (κ2) is 12.2. The van der Waals surface area contributed by atoms with E-state index in [1.807, 2.05) is 20.8 Å². The summed E-state index contributed by atoms with van der Waals surface area (Å²) < 4.78 is 16.1. The number of hydrogen-bond donors (Lipinski definition) is 2. The largest absolute Gasteiger partial charge is 0.491 e. The van der Waals surface area contributed by atoms with Crippen molar-refractivity contribution in [1.82, 2.24) is 10.9 Å². The minimum atomic E-state index is -0.531. The van der Waals surface area contributed by atoms with Gasteiger partial charge in [0.1, 0.15) is 11.5 Å². The molecule has 166 valence electrons. The van der Waals surface area contributed by atoms with Crippen LogP contribution in [0.15, 0.2) is 48.5 Å². The van der Waals surface area contributed by atoms with Gasteiger partial charge in [-0.1, -0.05) is 13.8 Å². The van der Waals surface area contributed by atoms with Gasteiger partial charge in [0, 0.05) is 5.56 Å². The molecule has 0 bridgehead atoms. The maximum Gasteiger partial charge on any atom is 0.338 e. The SMILES string of the molecule is CCCOC(=O)c1ccc(OCC(=O)NNC(=O)c2ccc(OC(C)CC)cc2)cc1. The van der Waals surface area contributed by atoms with Crippen LogP contribution in [0.4, 0.5) is 0 Å². The van der Waals surface area contributed by atoms with Crippen LogP contribution >= 0.6 is 0 Å². The Balaban J connectivity index is 1.75. The van der Waals surface area contributed by atoms with Crippen molar-refractivity contribution in [2.45, 2.75) is 39.7 Å². The number of hydrogen-bond acceptors (Lipinski definition) is 6. The molecule has 1 atom stereocenters. The number of rotatable bonds is 10. The number of carbonyl (C=O) groups is 3. The molecule has 0 aliphatic rings. The predicted molar refractivity (Wildman–Crippen MR) is 115 cm³/mol. The highest BCUT2D eigenvalue weighted by Gasteiger charge is 2.10. The molecule has 0 saturated heterocycles. The van der Waals surface area contributed by atoms with Crippen LogP contribution in [0.2, 0.25) is 0 Å². The van der Waals surface area contributed by atoms with E-state index in [1.165, 1.54) is 0 Å². The molecule has 31 heavy (non-hydrogen) atoms. The minimum absolute atomic E-state index is 0.0880. The molecule has 0 radical (unpaired) electrons. The quantitative estimate of drug-likeness (QED) is 0.445. The van der Waals surface area contributed by atoms with Crippen molar-refractivity contribution < 1.29 is 28.6 Å². The third-order valence-corrected chi connectivity index (χ3v) is 4.24. The molecular weight excluding hydrogens is 400 g/mol. The van der Waals surface area contributed by atoms with Gasteiger partial charge in [0.05, 0.1) is 18.3 Å². The van der Waals surface area contributed by atoms with E-state index < -0.39 is 17.8 Å². The van der Waals surface area contributed by atoms with Gasteiger partial charge >= 0.3 is 5.97 Å². The molecule has 0 aliphatic heterocycles. The maximum atomic E-state index is 12.1. The highest BCUT2D eigenvalue weighted by atomic mass is 16.5. The third kappa shape index (κ3) is 8.00. The molecule has 0 aliphatic carbocycles. The summed E-state index contributed by atoms with van der Waals surface area (Å²) >= 11 is 0. The van der Waals surface area contributed by atoms with Crippen LogP contribution in [0.3, 0.4) is 0 Å². The molecule has 8 heteroatoms. The summed E-state index contributed by atoms with van der Waals surface area (Å²) in [6, 6.07) is 12.9. The fourth-order valence-corrected chi connectivity index (χ4v) is 2.35. The summed E-state index contributed by atoms with van der Waals surface area (Å²) in [5.74, 6) is -0.318. The zero-order valence-electron chi connectivity index (χ0n) is 18.0. The first-order chi connectivity index (χ1) is 14.9. The van der Waals surface area contributed by atoms with E-state index in [-0.39, 0.29) is 12.7 Å². The van der Waals surface area contributed by atoms with Gasteiger partial charge in [0.2, 0.25) is 0 Å². The summed E-state index contributed by atoms with van der Waals surface area (Å²) in [5, 5.41) is 0. The molecule has 0 aromatic heterocycles. The van der Waals surface area contributed by atoms with E-state index in [9.17, 15) is 14.4 Å². The second-order valence-corrected chi connectivity index (χ2v) is 6.81. The van der Waals surface area contributed by atoms with Gasteiger partial charge in [-0.2, -0.15) is 0 Å². The maximum absolute atomic E-state index is 12.1. The lowest BCUT2D eigenvalue weighted by Gasteiger charge is -2.13. The average Bonchev–Trinajstić information content (AvgIpc) is 2.80. The first kappa shape index (κ1) is 23.7. The van der Waals surface area contributed by atoms with Crippen molar-refractivity contribution >= 4 is 17.8 Å². The van der Waals surface area contributed by atoms with Gasteiger partial charge in [0.25, 0.3) is 11.8 Å². The third-order valence-electron chi connectivity index (χ3n) is 4.24. The first-order valence-electron chi connectivity index (χ1n) is 10.2.